The maximum Gasteiger partial charge on any atom is 0.506 e. The number of carboxylic acid groups (broad SMARTS) is 1. The summed E-state index contributed by atoms with van der Waals surface area (Å²) in [5.74, 6) is 0.831. The number of hydrogen-bond acceptors (Lipinski definition) is 9. The predicted octanol–water partition coefficient (Wildman–Crippen LogP) is 3.73. The molecule has 1 N–H and O–H groups in total. The molecule has 0 spiro atoms. The lowest BCUT2D eigenvalue weighted by Crippen LogP contribution is -2.41. The van der Waals surface area contributed by atoms with Crippen LogP contribution in [-0.2, 0) is 17.8 Å². The van der Waals surface area contributed by atoms with Gasteiger partial charge in [-0.05, 0) is 43.0 Å². The number of halogens is 1. The molecule has 1 aromatic carbocycles. The minimum absolute atomic E-state index is 0.0238. The van der Waals surface area contributed by atoms with Gasteiger partial charge in [-0.3, -0.25) is 0 Å². The Morgan fingerprint density at radius 2 is 1.97 bits per heavy atom. The Morgan fingerprint density at radius 3 is 2.62 bits per heavy atom. The first kappa shape index (κ1) is 21.5. The Morgan fingerprint density at radius 1 is 1.19 bits per heavy atom. The molecule has 0 atom stereocenters. The van der Waals surface area contributed by atoms with E-state index in [4.69, 9.17) is 21.1 Å². The molecular weight excluding hydrogens is 436 g/mol. The third-order valence-electron chi connectivity index (χ3n) is 5.42. The highest BCUT2D eigenvalue weighted by Gasteiger charge is 2.36. The first-order valence-corrected chi connectivity index (χ1v) is 10.3. The van der Waals surface area contributed by atoms with Gasteiger partial charge >= 0.3 is 6.16 Å². The maximum absolute atomic E-state index is 10.4. The van der Waals surface area contributed by atoms with Crippen molar-refractivity contribution in [3.8, 4) is 17.7 Å². The van der Waals surface area contributed by atoms with Crippen LogP contribution in [0.3, 0.4) is 0 Å². The number of rotatable bonds is 6. The van der Waals surface area contributed by atoms with Crippen LogP contribution < -0.4 is 4.90 Å². The van der Waals surface area contributed by atoms with Gasteiger partial charge in [0.05, 0.1) is 11.5 Å². The second-order valence-electron chi connectivity index (χ2n) is 7.48. The number of ether oxygens (including phenoxy) is 1. The molecule has 0 radical (unpaired) electrons. The van der Waals surface area contributed by atoms with E-state index < -0.39 is 11.6 Å². The molecule has 0 amide bonds. The molecule has 2 aromatic heterocycles. The third kappa shape index (κ3) is 4.78. The molecule has 0 bridgehead atoms. The van der Waals surface area contributed by atoms with Crippen molar-refractivity contribution in [2.75, 3.05) is 18.0 Å². The summed E-state index contributed by atoms with van der Waals surface area (Å²) in [7, 11) is 0. The van der Waals surface area contributed by atoms with Crippen LogP contribution in [0.1, 0.15) is 24.3 Å². The van der Waals surface area contributed by atoms with Gasteiger partial charge in [-0.15, -0.1) is 20.4 Å². The number of piperidine rings is 1. The number of benzene rings is 1. The van der Waals surface area contributed by atoms with Gasteiger partial charge in [0, 0.05) is 18.1 Å². The predicted molar refractivity (Wildman–Crippen MR) is 113 cm³/mol. The highest BCUT2D eigenvalue weighted by atomic mass is 35.5. The van der Waals surface area contributed by atoms with Crippen LogP contribution in [0.15, 0.2) is 40.8 Å². The quantitative estimate of drug-likeness (QED) is 0.548. The lowest BCUT2D eigenvalue weighted by atomic mass is 9.75. The molecule has 164 valence electrons. The van der Waals surface area contributed by atoms with Gasteiger partial charge < -0.3 is 19.2 Å². The second-order valence-corrected chi connectivity index (χ2v) is 7.89. The van der Waals surface area contributed by atoms with E-state index in [2.05, 4.69) is 36.1 Å². The van der Waals surface area contributed by atoms with Crippen molar-refractivity contribution in [1.29, 1.82) is 5.26 Å². The molecule has 1 saturated heterocycles. The number of nitrogens with zero attached hydrogens (tertiary/aromatic N) is 6. The monoisotopic (exact) mass is 454 g/mol. The number of anilines is 1. The Labute approximate surface area is 188 Å². The van der Waals surface area contributed by atoms with Crippen molar-refractivity contribution in [3.63, 3.8) is 0 Å². The van der Waals surface area contributed by atoms with E-state index in [1.54, 1.807) is 12.1 Å². The summed E-state index contributed by atoms with van der Waals surface area (Å²) < 4.78 is 9.73. The normalized spacial score (nSPS) is 15.2. The third-order valence-corrected chi connectivity index (χ3v) is 5.79. The van der Waals surface area contributed by atoms with Gasteiger partial charge in [0.15, 0.2) is 12.4 Å². The van der Waals surface area contributed by atoms with Crippen LogP contribution in [0.5, 0.6) is 0 Å². The van der Waals surface area contributed by atoms with Gasteiger partial charge in [0.2, 0.25) is 0 Å². The average molecular weight is 455 g/mol. The lowest BCUT2D eigenvalue weighted by Gasteiger charge is -2.38. The molecule has 10 nitrogen and oxygen atoms in total. The van der Waals surface area contributed by atoms with Crippen LogP contribution in [0.25, 0.3) is 11.6 Å². The largest absolute Gasteiger partial charge is 0.506 e. The Kier molecular flexibility index (Phi) is 6.18. The van der Waals surface area contributed by atoms with Crippen LogP contribution in [0.2, 0.25) is 5.02 Å². The molecule has 0 unspecified atom stereocenters. The number of carbonyl (C=O) groups is 1. The molecule has 1 fully saturated rings. The standard InChI is InChI=1S/C21H19ClN6O4/c22-15-4-2-1-3-14(15)11-21(13-23)7-9-28(10-8-21)17-6-5-16(24-25-17)19-27-26-18(32-19)12-31-20(29)30/h1-6H,7-12H2,(H,29,30). The van der Waals surface area contributed by atoms with E-state index in [9.17, 15) is 10.1 Å². The van der Waals surface area contributed by atoms with Gasteiger partial charge in [-0.2, -0.15) is 5.26 Å². The van der Waals surface area contributed by atoms with Crippen LogP contribution in [0.4, 0.5) is 10.6 Å². The maximum atomic E-state index is 10.4. The zero-order chi connectivity index (χ0) is 22.6. The average Bonchev–Trinajstić information content (AvgIpc) is 3.29. The summed E-state index contributed by atoms with van der Waals surface area (Å²) in [6.45, 7) is 1.00. The molecule has 3 aromatic rings. The molecule has 0 aliphatic carbocycles. The van der Waals surface area contributed by atoms with Crippen molar-refractivity contribution in [2.45, 2.75) is 25.9 Å². The summed E-state index contributed by atoms with van der Waals surface area (Å²) in [4.78, 5) is 12.5. The molecule has 11 heteroatoms. The van der Waals surface area contributed by atoms with E-state index in [-0.39, 0.29) is 18.4 Å². The lowest BCUT2D eigenvalue weighted by molar-refractivity contribution is 0.0777. The molecule has 1 aliphatic rings. The summed E-state index contributed by atoms with van der Waals surface area (Å²) in [6, 6.07) is 13.7. The van der Waals surface area contributed by atoms with E-state index in [0.29, 0.717) is 48.9 Å². The summed E-state index contributed by atoms with van der Waals surface area (Å²) in [5, 5.41) is 35.0. The molecule has 3 heterocycles. The van der Waals surface area contributed by atoms with E-state index in [1.165, 1.54) is 0 Å². The molecule has 32 heavy (non-hydrogen) atoms. The minimum atomic E-state index is -1.43. The highest BCUT2D eigenvalue weighted by molar-refractivity contribution is 6.31. The van der Waals surface area contributed by atoms with Crippen molar-refractivity contribution < 1.29 is 19.1 Å². The van der Waals surface area contributed by atoms with Crippen molar-refractivity contribution in [2.24, 2.45) is 5.41 Å². The molecule has 1 aliphatic heterocycles. The Hall–Kier alpha value is -3.71. The minimum Gasteiger partial charge on any atom is -0.450 e. The van der Waals surface area contributed by atoms with Crippen LogP contribution >= 0.6 is 11.6 Å². The molecule has 4 rings (SSSR count). The Balaban J connectivity index is 1.39. The fourth-order valence-electron chi connectivity index (χ4n) is 3.65. The number of hydrogen-bond donors (Lipinski definition) is 1. The summed E-state index contributed by atoms with van der Waals surface area (Å²) >= 11 is 6.30. The van der Waals surface area contributed by atoms with Crippen molar-refractivity contribution in [1.82, 2.24) is 20.4 Å². The zero-order valence-electron chi connectivity index (χ0n) is 16.9. The van der Waals surface area contributed by atoms with Crippen LogP contribution in [-0.4, -0.2) is 44.7 Å². The zero-order valence-corrected chi connectivity index (χ0v) is 17.7. The van der Waals surface area contributed by atoms with Crippen molar-refractivity contribution in [3.05, 3.63) is 52.9 Å². The van der Waals surface area contributed by atoms with Gasteiger partial charge in [-0.1, -0.05) is 29.8 Å². The fraction of sp³-hybridized carbons (Fsp3) is 0.333. The van der Waals surface area contributed by atoms with Gasteiger partial charge in [0.1, 0.15) is 5.69 Å². The highest BCUT2D eigenvalue weighted by Crippen LogP contribution is 2.37. The Bertz CT molecular complexity index is 1140. The van der Waals surface area contributed by atoms with Gasteiger partial charge in [-0.25, -0.2) is 4.79 Å². The van der Waals surface area contributed by atoms with E-state index >= 15 is 0 Å². The second kappa shape index (κ2) is 9.20. The van der Waals surface area contributed by atoms with E-state index in [1.807, 2.05) is 24.3 Å². The summed E-state index contributed by atoms with van der Waals surface area (Å²) in [6.07, 6.45) is 0.568. The number of aromatic nitrogens is 4. The fourth-order valence-corrected chi connectivity index (χ4v) is 3.85. The first-order chi connectivity index (χ1) is 15.5. The number of nitriles is 1. The van der Waals surface area contributed by atoms with Crippen LogP contribution in [0, 0.1) is 16.7 Å². The smallest absolute Gasteiger partial charge is 0.450 e. The SMILES string of the molecule is N#CC1(Cc2ccccc2Cl)CCN(c2ccc(-c3nnc(COC(=O)O)o3)nn2)CC1. The van der Waals surface area contributed by atoms with Gasteiger partial charge in [0.25, 0.3) is 11.8 Å². The topological polar surface area (TPSA) is 138 Å². The first-order valence-electron chi connectivity index (χ1n) is 9.90. The van der Waals surface area contributed by atoms with E-state index in [0.717, 1.165) is 5.56 Å². The molecule has 0 saturated carbocycles. The summed E-state index contributed by atoms with van der Waals surface area (Å²) in [5.41, 5.74) is 0.887. The van der Waals surface area contributed by atoms with Crippen molar-refractivity contribution >= 4 is 23.6 Å². The molecular formula is C21H19ClN6O4.